The Morgan fingerprint density at radius 1 is 0.643 bits per heavy atom. The average Bonchev–Trinajstić information content (AvgIpc) is 4.01. The van der Waals surface area contributed by atoms with Crippen molar-refractivity contribution in [3.05, 3.63) is 71.8 Å². The highest BCUT2D eigenvalue weighted by molar-refractivity contribution is 6.35. The van der Waals surface area contributed by atoms with Crippen LogP contribution in [0.4, 0.5) is 0 Å². The van der Waals surface area contributed by atoms with Gasteiger partial charge in [0.25, 0.3) is 0 Å². The first-order chi connectivity index (χ1) is 33.0. The van der Waals surface area contributed by atoms with Crippen molar-refractivity contribution in [1.29, 1.82) is 0 Å². The number of benzene rings is 2. The molecular weight excluding hydrogens is 893 g/mol. The number of nitrogens with one attached hydrogen (secondary N) is 6. The number of nitrogens with zero attached hydrogens (tertiary/aromatic N) is 4. The minimum absolute atomic E-state index is 0.188. The second-order valence-electron chi connectivity index (χ2n) is 21.0. The zero-order valence-electron chi connectivity index (χ0n) is 43.3. The molecule has 4 rings (SSSR count). The Labute approximate surface area is 415 Å². The number of carbonyl (C=O) groups is 7. The minimum atomic E-state index is -1.24. The van der Waals surface area contributed by atoms with Gasteiger partial charge in [-0.15, -0.1) is 0 Å². The molecule has 7 atom stereocenters. The van der Waals surface area contributed by atoms with Crippen molar-refractivity contribution in [3.8, 4) is 0 Å². The molecule has 18 nitrogen and oxygen atoms in total. The number of aliphatic hydroxyl groups excluding tert-OH is 1. The standard InChI is InChI=1S/C52H82N10O8/c1-35(53-9)45(65)57-43(51(3,4)5)49(69)61-27-17-23-39(61)33-59(29-25-37-19-13-11-14-20-37)41(63)31-55-47(67)48(68)56-32-42(64)60(30-26-38-21-15-12-16-22-38)34-40-24-18-28-62(40)50(70)44(52(6,7)8)58-46(66)36(2)54-10/h11-16,19-22,35-36,39-41,43-44,53-54,63H,17-18,23-34H2,1-10H3,(H,55,67)(H,56,68)(H,57,65)(H,58,66)/t35-,36-,39-,40-,41?,43+,44+/m0/s1. The van der Waals surface area contributed by atoms with Gasteiger partial charge in [0.05, 0.1) is 25.2 Å². The van der Waals surface area contributed by atoms with Gasteiger partial charge in [-0.25, -0.2) is 0 Å². The van der Waals surface area contributed by atoms with Gasteiger partial charge in [-0.05, 0) is 88.4 Å². The van der Waals surface area contributed by atoms with Crippen molar-refractivity contribution in [3.63, 3.8) is 0 Å². The van der Waals surface area contributed by atoms with Gasteiger partial charge in [0.15, 0.2) is 0 Å². The van der Waals surface area contributed by atoms with Gasteiger partial charge < -0.3 is 51.7 Å². The molecule has 70 heavy (non-hydrogen) atoms. The molecule has 1 unspecified atom stereocenters. The van der Waals surface area contributed by atoms with Crippen molar-refractivity contribution in [2.24, 2.45) is 10.8 Å². The fourth-order valence-corrected chi connectivity index (χ4v) is 8.83. The molecule has 2 saturated heterocycles. The summed E-state index contributed by atoms with van der Waals surface area (Å²) in [4.78, 5) is 102. The van der Waals surface area contributed by atoms with Crippen LogP contribution in [0.15, 0.2) is 60.7 Å². The largest absolute Gasteiger partial charge is 0.377 e. The van der Waals surface area contributed by atoms with Crippen LogP contribution in [-0.4, -0.2) is 175 Å². The summed E-state index contributed by atoms with van der Waals surface area (Å²) < 4.78 is 0. The molecule has 7 N–H and O–H groups in total. The van der Waals surface area contributed by atoms with Gasteiger partial charge in [0.2, 0.25) is 29.5 Å². The second-order valence-corrected chi connectivity index (χ2v) is 21.0. The van der Waals surface area contributed by atoms with Crippen LogP contribution in [0.2, 0.25) is 0 Å². The summed E-state index contributed by atoms with van der Waals surface area (Å²) in [5.41, 5.74) is 0.842. The Hall–Kier alpha value is -5.43. The van der Waals surface area contributed by atoms with Gasteiger partial charge in [0, 0.05) is 51.4 Å². The number of amides is 7. The molecule has 2 aliphatic rings. The Bertz CT molecular complexity index is 2040. The average molecular weight is 975 g/mol. The van der Waals surface area contributed by atoms with Gasteiger partial charge in [0.1, 0.15) is 18.3 Å². The summed E-state index contributed by atoms with van der Waals surface area (Å²) in [6.07, 6.45) is 2.60. The van der Waals surface area contributed by atoms with E-state index in [1.54, 1.807) is 47.5 Å². The maximum absolute atomic E-state index is 14.2. The van der Waals surface area contributed by atoms with E-state index in [0.29, 0.717) is 58.3 Å². The third-order valence-corrected chi connectivity index (χ3v) is 13.5. The van der Waals surface area contributed by atoms with E-state index in [2.05, 4.69) is 31.9 Å². The summed E-state index contributed by atoms with van der Waals surface area (Å²) in [6, 6.07) is 16.2. The summed E-state index contributed by atoms with van der Waals surface area (Å²) in [6.45, 7) is 16.2. The molecule has 0 spiro atoms. The molecule has 2 aliphatic heterocycles. The minimum Gasteiger partial charge on any atom is -0.377 e. The molecule has 2 aromatic rings. The summed E-state index contributed by atoms with van der Waals surface area (Å²) in [7, 11) is 3.36. The predicted molar refractivity (Wildman–Crippen MR) is 270 cm³/mol. The monoisotopic (exact) mass is 975 g/mol. The number of carbonyl (C=O) groups excluding carboxylic acids is 7. The zero-order valence-corrected chi connectivity index (χ0v) is 43.3. The zero-order chi connectivity index (χ0) is 51.8. The molecule has 2 fully saturated rings. The van der Waals surface area contributed by atoms with Crippen LogP contribution >= 0.6 is 0 Å². The van der Waals surface area contributed by atoms with E-state index in [4.69, 9.17) is 0 Å². The molecule has 0 saturated carbocycles. The first kappa shape index (κ1) is 57.2. The third kappa shape index (κ3) is 16.9. The first-order valence-electron chi connectivity index (χ1n) is 25.0. The van der Waals surface area contributed by atoms with Crippen molar-refractivity contribution in [2.75, 3.05) is 66.5 Å². The topological polar surface area (TPSA) is 225 Å². The number of aliphatic hydroxyl groups is 1. The Balaban J connectivity index is 1.43. The van der Waals surface area contributed by atoms with Crippen LogP contribution in [-0.2, 0) is 46.4 Å². The maximum atomic E-state index is 14.2. The molecule has 0 aliphatic carbocycles. The van der Waals surface area contributed by atoms with E-state index >= 15 is 0 Å². The highest BCUT2D eigenvalue weighted by atomic mass is 16.3. The van der Waals surface area contributed by atoms with E-state index in [-0.39, 0.29) is 55.3 Å². The lowest BCUT2D eigenvalue weighted by molar-refractivity contribution is -0.143. The van der Waals surface area contributed by atoms with Crippen LogP contribution in [0.3, 0.4) is 0 Å². The van der Waals surface area contributed by atoms with Crippen molar-refractivity contribution < 1.29 is 38.7 Å². The molecular formula is C52H82N10O8. The number of rotatable bonds is 23. The second kappa shape index (κ2) is 26.7. The molecule has 18 heteroatoms. The SMILES string of the molecule is CN[C@@H](C)C(=O)N[C@H](C(=O)N1CCC[C@H]1CN(CCc1ccccc1)C(=O)CNC(=O)C(=O)NCC(O)N(CCc1ccccc1)C[C@@H]1CCCN1C(=O)[C@@H](NC(=O)[C@H](C)NC)C(C)(C)C)C(C)(C)C. The lowest BCUT2D eigenvalue weighted by Crippen LogP contribution is -2.59. The smallest absolute Gasteiger partial charge is 0.309 e. The summed E-state index contributed by atoms with van der Waals surface area (Å²) in [5.74, 6) is -3.52. The molecule has 0 radical (unpaired) electrons. The Morgan fingerprint density at radius 2 is 1.07 bits per heavy atom. The lowest BCUT2D eigenvalue weighted by Gasteiger charge is -2.38. The molecule has 2 aromatic carbocycles. The fraction of sp³-hybridized carbons (Fsp3) is 0.635. The number of likely N-dealkylation sites (tertiary alicyclic amines) is 2. The highest BCUT2D eigenvalue weighted by Gasteiger charge is 2.42. The normalized spacial score (nSPS) is 18.3. The Kier molecular flexibility index (Phi) is 21.8. The molecule has 0 aromatic heterocycles. The molecule has 388 valence electrons. The van der Waals surface area contributed by atoms with Gasteiger partial charge >= 0.3 is 11.8 Å². The summed E-state index contributed by atoms with van der Waals surface area (Å²) >= 11 is 0. The van der Waals surface area contributed by atoms with Gasteiger partial charge in [-0.3, -0.25) is 38.5 Å². The van der Waals surface area contributed by atoms with Crippen LogP contribution in [0, 0.1) is 10.8 Å². The fourth-order valence-electron chi connectivity index (χ4n) is 8.83. The van der Waals surface area contributed by atoms with Crippen LogP contribution in [0.5, 0.6) is 0 Å². The highest BCUT2D eigenvalue weighted by Crippen LogP contribution is 2.28. The number of hydrogen-bond acceptors (Lipinski definition) is 11. The van der Waals surface area contributed by atoms with E-state index < -0.39 is 65.5 Å². The third-order valence-electron chi connectivity index (χ3n) is 13.5. The number of hydrogen-bond donors (Lipinski definition) is 7. The van der Waals surface area contributed by atoms with Crippen LogP contribution < -0.4 is 31.9 Å². The van der Waals surface area contributed by atoms with Gasteiger partial charge in [-0.1, -0.05) is 102 Å². The van der Waals surface area contributed by atoms with Gasteiger partial charge in [-0.2, -0.15) is 0 Å². The van der Waals surface area contributed by atoms with E-state index in [1.807, 2.05) is 102 Å². The first-order valence-corrected chi connectivity index (χ1v) is 25.0. The van der Waals surface area contributed by atoms with E-state index in [0.717, 1.165) is 17.5 Å². The molecule has 7 amide bonds. The predicted octanol–water partition coefficient (Wildman–Crippen LogP) is 1.41. The molecule has 2 heterocycles. The quantitative estimate of drug-likeness (QED) is 0.0623. The van der Waals surface area contributed by atoms with Crippen molar-refractivity contribution in [2.45, 2.75) is 136 Å². The van der Waals surface area contributed by atoms with Crippen LogP contribution in [0.1, 0.15) is 92.2 Å². The van der Waals surface area contributed by atoms with E-state index in [9.17, 15) is 38.7 Å². The maximum Gasteiger partial charge on any atom is 0.309 e. The molecule has 0 bridgehead atoms. The van der Waals surface area contributed by atoms with Crippen molar-refractivity contribution >= 4 is 41.4 Å². The number of likely N-dealkylation sites (N-methyl/N-ethyl adjacent to an activating group) is 2. The van der Waals surface area contributed by atoms with Crippen LogP contribution in [0.25, 0.3) is 0 Å². The van der Waals surface area contributed by atoms with E-state index in [1.165, 1.54) is 0 Å². The Morgan fingerprint density at radius 3 is 1.51 bits per heavy atom. The lowest BCUT2D eigenvalue weighted by atomic mass is 9.85. The van der Waals surface area contributed by atoms with Crippen molar-refractivity contribution in [1.82, 2.24) is 51.5 Å². The summed E-state index contributed by atoms with van der Waals surface area (Å²) in [5, 5.41) is 28.4.